The Hall–Kier alpha value is -2.48. The Labute approximate surface area is 164 Å². The quantitative estimate of drug-likeness (QED) is 0.424. The van der Waals surface area contributed by atoms with Gasteiger partial charge in [-0.05, 0) is 48.7 Å². The molecule has 0 amide bonds. The van der Waals surface area contributed by atoms with Gasteiger partial charge in [-0.1, -0.05) is 13.0 Å². The zero-order chi connectivity index (χ0) is 21.4. The summed E-state index contributed by atoms with van der Waals surface area (Å²) in [4.78, 5) is 6.14. The number of aromatic amines is 1. The molecule has 3 aromatic rings. The molecule has 156 valence electrons. The fourth-order valence-corrected chi connectivity index (χ4v) is 3.85. The first kappa shape index (κ1) is 21.2. The highest BCUT2D eigenvalue weighted by molar-refractivity contribution is 5.79. The van der Waals surface area contributed by atoms with Gasteiger partial charge >= 0.3 is 0 Å². The molecule has 3 rings (SSSR count). The summed E-state index contributed by atoms with van der Waals surface area (Å²) >= 11 is 0. The standard InChI is InChI=1S/C21H21F5N2O/c1-12-3-4-14(23)8-16(12)20(2,11-22)10-21(29,19(25)26)9-15-7-13-5-6-27-18(24)17(13)28-15/h3-8,19,28-29H,9-11H2,1-2H3. The third kappa shape index (κ3) is 4.12. The number of hydrogen-bond acceptors (Lipinski definition) is 2. The van der Waals surface area contributed by atoms with Crippen LogP contribution in [0.4, 0.5) is 22.0 Å². The predicted octanol–water partition coefficient (Wildman–Crippen LogP) is 5.01. The third-order valence-corrected chi connectivity index (χ3v) is 5.30. The highest BCUT2D eigenvalue weighted by atomic mass is 19.3. The van der Waals surface area contributed by atoms with Crippen LogP contribution in [0.15, 0.2) is 36.5 Å². The first-order valence-corrected chi connectivity index (χ1v) is 9.03. The average Bonchev–Trinajstić information content (AvgIpc) is 3.07. The van der Waals surface area contributed by atoms with Crippen LogP contribution in [0.3, 0.4) is 0 Å². The van der Waals surface area contributed by atoms with E-state index in [1.807, 2.05) is 0 Å². The number of fused-ring (bicyclic) bond motifs is 1. The molecule has 2 N–H and O–H groups in total. The summed E-state index contributed by atoms with van der Waals surface area (Å²) in [6.07, 6.45) is -3.20. The molecule has 29 heavy (non-hydrogen) atoms. The van der Waals surface area contributed by atoms with Crippen LogP contribution in [0.5, 0.6) is 0 Å². The zero-order valence-corrected chi connectivity index (χ0v) is 15.9. The molecule has 8 heteroatoms. The Morgan fingerprint density at radius 3 is 2.52 bits per heavy atom. The van der Waals surface area contributed by atoms with Gasteiger partial charge in [0, 0.05) is 29.1 Å². The van der Waals surface area contributed by atoms with Gasteiger partial charge in [0.2, 0.25) is 5.95 Å². The van der Waals surface area contributed by atoms with Gasteiger partial charge in [-0.3, -0.25) is 4.39 Å². The van der Waals surface area contributed by atoms with Crippen molar-refractivity contribution >= 4 is 10.9 Å². The number of H-pyrrole nitrogens is 1. The van der Waals surface area contributed by atoms with Crippen LogP contribution in [-0.4, -0.2) is 33.8 Å². The van der Waals surface area contributed by atoms with Crippen LogP contribution < -0.4 is 0 Å². The number of aliphatic hydroxyl groups is 1. The lowest BCUT2D eigenvalue weighted by Gasteiger charge is -2.37. The second-order valence-electron chi connectivity index (χ2n) is 7.77. The molecule has 2 unspecified atom stereocenters. The van der Waals surface area contributed by atoms with Gasteiger partial charge in [0.25, 0.3) is 6.43 Å². The number of pyridine rings is 1. The average molecular weight is 412 g/mol. The van der Waals surface area contributed by atoms with Gasteiger partial charge in [-0.2, -0.15) is 4.39 Å². The summed E-state index contributed by atoms with van der Waals surface area (Å²) in [5, 5.41) is 11.2. The smallest absolute Gasteiger partial charge is 0.267 e. The minimum Gasteiger partial charge on any atom is -0.383 e. The number of aryl methyl sites for hydroxylation is 1. The van der Waals surface area contributed by atoms with Gasteiger partial charge in [0.1, 0.15) is 16.9 Å². The van der Waals surface area contributed by atoms with Gasteiger partial charge in [-0.15, -0.1) is 0 Å². The highest BCUT2D eigenvalue weighted by Crippen LogP contribution is 2.39. The highest BCUT2D eigenvalue weighted by Gasteiger charge is 2.46. The van der Waals surface area contributed by atoms with Crippen molar-refractivity contribution in [3.63, 3.8) is 0 Å². The van der Waals surface area contributed by atoms with E-state index in [2.05, 4.69) is 9.97 Å². The van der Waals surface area contributed by atoms with Crippen molar-refractivity contribution in [1.29, 1.82) is 0 Å². The van der Waals surface area contributed by atoms with Crippen LogP contribution in [0.2, 0.25) is 0 Å². The number of nitrogens with zero attached hydrogens (tertiary/aromatic N) is 1. The summed E-state index contributed by atoms with van der Waals surface area (Å²) in [5.41, 5.74) is -3.23. The molecule has 2 heterocycles. The summed E-state index contributed by atoms with van der Waals surface area (Å²) in [6, 6.07) is 6.68. The van der Waals surface area contributed by atoms with E-state index in [4.69, 9.17) is 0 Å². The summed E-state index contributed by atoms with van der Waals surface area (Å²) in [7, 11) is 0. The minimum absolute atomic E-state index is 0.0355. The number of hydrogen-bond donors (Lipinski definition) is 2. The Kier molecular flexibility index (Phi) is 5.67. The molecule has 0 saturated carbocycles. The topological polar surface area (TPSA) is 48.9 Å². The fraction of sp³-hybridized carbons (Fsp3) is 0.381. The molecule has 2 atom stereocenters. The van der Waals surface area contributed by atoms with Crippen LogP contribution in [0, 0.1) is 18.7 Å². The first-order valence-electron chi connectivity index (χ1n) is 9.03. The van der Waals surface area contributed by atoms with Crippen LogP contribution >= 0.6 is 0 Å². The normalized spacial score (nSPS) is 16.2. The number of halogens is 5. The Morgan fingerprint density at radius 2 is 1.90 bits per heavy atom. The molecule has 0 aliphatic carbocycles. The van der Waals surface area contributed by atoms with Crippen molar-refractivity contribution in [1.82, 2.24) is 9.97 Å². The minimum atomic E-state index is -3.21. The second-order valence-corrected chi connectivity index (χ2v) is 7.77. The number of alkyl halides is 3. The van der Waals surface area contributed by atoms with Crippen molar-refractivity contribution in [2.75, 3.05) is 6.67 Å². The van der Waals surface area contributed by atoms with E-state index in [9.17, 15) is 27.1 Å². The van der Waals surface area contributed by atoms with Crippen molar-refractivity contribution in [2.24, 2.45) is 0 Å². The Morgan fingerprint density at radius 1 is 1.17 bits per heavy atom. The molecule has 0 spiro atoms. The summed E-state index contributed by atoms with van der Waals surface area (Å²) in [6.45, 7) is 1.92. The van der Waals surface area contributed by atoms with E-state index in [-0.39, 0.29) is 16.8 Å². The second kappa shape index (κ2) is 7.74. The predicted molar refractivity (Wildman–Crippen MR) is 99.8 cm³/mol. The van der Waals surface area contributed by atoms with Gasteiger partial charge in [0.15, 0.2) is 0 Å². The van der Waals surface area contributed by atoms with E-state index in [1.54, 1.807) is 6.92 Å². The van der Waals surface area contributed by atoms with E-state index in [0.717, 1.165) is 6.07 Å². The SMILES string of the molecule is Cc1ccc(F)cc1C(C)(CF)CC(O)(Cc1cc2ccnc(F)c2[nH]1)C(F)F. The van der Waals surface area contributed by atoms with Crippen LogP contribution in [-0.2, 0) is 11.8 Å². The maximum absolute atomic E-state index is 14.0. The van der Waals surface area contributed by atoms with Crippen molar-refractivity contribution in [3.05, 3.63) is 65.1 Å². The number of rotatable bonds is 7. The lowest BCUT2D eigenvalue weighted by atomic mass is 9.72. The Bertz CT molecular complexity index is 1020. The van der Waals surface area contributed by atoms with Crippen LogP contribution in [0.1, 0.15) is 30.2 Å². The number of aromatic nitrogens is 2. The molecule has 2 aromatic heterocycles. The maximum Gasteiger partial charge on any atom is 0.267 e. The molecule has 0 saturated heterocycles. The van der Waals surface area contributed by atoms with E-state index >= 15 is 0 Å². The molecule has 1 aromatic carbocycles. The summed E-state index contributed by atoms with van der Waals surface area (Å²) < 4.78 is 69.4. The monoisotopic (exact) mass is 412 g/mol. The van der Waals surface area contributed by atoms with Crippen molar-refractivity contribution in [3.8, 4) is 0 Å². The van der Waals surface area contributed by atoms with Gasteiger partial charge in [0.05, 0.1) is 6.67 Å². The molecule has 0 aliphatic heterocycles. The van der Waals surface area contributed by atoms with Gasteiger partial charge < -0.3 is 10.1 Å². The molecule has 3 nitrogen and oxygen atoms in total. The molecule has 0 radical (unpaired) electrons. The maximum atomic E-state index is 14.0. The zero-order valence-electron chi connectivity index (χ0n) is 15.9. The third-order valence-electron chi connectivity index (χ3n) is 5.30. The number of benzene rings is 1. The van der Waals surface area contributed by atoms with E-state index in [0.29, 0.717) is 10.9 Å². The molecular formula is C21H21F5N2O. The van der Waals surface area contributed by atoms with Crippen molar-refractivity contribution in [2.45, 2.75) is 44.1 Å². The Balaban J connectivity index is 1.98. The lowest BCUT2D eigenvalue weighted by molar-refractivity contribution is -0.113. The first-order chi connectivity index (χ1) is 13.6. The molecule has 0 fully saturated rings. The van der Waals surface area contributed by atoms with E-state index in [1.165, 1.54) is 37.4 Å². The van der Waals surface area contributed by atoms with Crippen LogP contribution in [0.25, 0.3) is 10.9 Å². The van der Waals surface area contributed by atoms with Gasteiger partial charge in [-0.25, -0.2) is 18.2 Å². The lowest BCUT2D eigenvalue weighted by Crippen LogP contribution is -2.46. The van der Waals surface area contributed by atoms with Crippen molar-refractivity contribution < 1.29 is 27.1 Å². The molecular weight excluding hydrogens is 391 g/mol. The summed E-state index contributed by atoms with van der Waals surface area (Å²) in [5.74, 6) is -1.41. The number of nitrogens with one attached hydrogen (secondary N) is 1. The largest absolute Gasteiger partial charge is 0.383 e. The fourth-order valence-electron chi connectivity index (χ4n) is 3.85. The van der Waals surface area contributed by atoms with E-state index < -0.39 is 48.7 Å². The molecule has 0 aliphatic rings. The molecule has 0 bridgehead atoms.